The highest BCUT2D eigenvalue weighted by Gasteiger charge is 2.33. The number of phenols is 1. The molecule has 1 aromatic carbocycles. The third-order valence-electron chi connectivity index (χ3n) is 5.45. The van der Waals surface area contributed by atoms with E-state index in [4.69, 9.17) is 5.73 Å². The fourth-order valence-corrected chi connectivity index (χ4v) is 3.31. The lowest BCUT2D eigenvalue weighted by Gasteiger charge is -2.29. The summed E-state index contributed by atoms with van der Waals surface area (Å²) < 4.78 is 0. The quantitative estimate of drug-likeness (QED) is 0.257. The summed E-state index contributed by atoms with van der Waals surface area (Å²) >= 11 is 0. The lowest BCUT2D eigenvalue weighted by atomic mass is 9.98. The summed E-state index contributed by atoms with van der Waals surface area (Å²) in [4.78, 5) is 49.9. The second-order valence-electron chi connectivity index (χ2n) is 9.51. The molecule has 10 nitrogen and oxygen atoms in total. The van der Waals surface area contributed by atoms with Crippen molar-refractivity contribution in [3.8, 4) is 5.75 Å². The van der Waals surface area contributed by atoms with E-state index in [1.807, 2.05) is 0 Å². The van der Waals surface area contributed by atoms with Crippen LogP contribution in [-0.4, -0.2) is 58.1 Å². The average Bonchev–Trinajstić information content (AvgIpc) is 2.74. The van der Waals surface area contributed by atoms with E-state index in [0.29, 0.717) is 0 Å². The Kier molecular flexibility index (Phi) is 11.0. The number of carbonyl (C=O) groups excluding carboxylic acids is 3. The van der Waals surface area contributed by atoms with E-state index in [2.05, 4.69) is 16.0 Å². The van der Waals surface area contributed by atoms with Crippen molar-refractivity contribution in [1.82, 2.24) is 16.0 Å². The minimum absolute atomic E-state index is 0.102. The van der Waals surface area contributed by atoms with Crippen LogP contribution in [0.1, 0.15) is 47.1 Å². The smallest absolute Gasteiger partial charge is 0.326 e. The van der Waals surface area contributed by atoms with Crippen LogP contribution in [0.5, 0.6) is 5.75 Å². The summed E-state index contributed by atoms with van der Waals surface area (Å²) in [5.41, 5.74) is 6.77. The van der Waals surface area contributed by atoms with Crippen molar-refractivity contribution in [2.75, 3.05) is 0 Å². The van der Waals surface area contributed by atoms with Crippen LogP contribution in [0.15, 0.2) is 24.3 Å². The van der Waals surface area contributed by atoms with Gasteiger partial charge in [-0.3, -0.25) is 14.4 Å². The first-order chi connectivity index (χ1) is 15.7. The van der Waals surface area contributed by atoms with Crippen molar-refractivity contribution < 1.29 is 29.4 Å². The van der Waals surface area contributed by atoms with E-state index in [9.17, 15) is 29.4 Å². The molecule has 0 unspecified atom stereocenters. The largest absolute Gasteiger partial charge is 0.508 e. The van der Waals surface area contributed by atoms with Gasteiger partial charge in [0.25, 0.3) is 0 Å². The Balaban J connectivity index is 2.89. The van der Waals surface area contributed by atoms with Crippen molar-refractivity contribution in [1.29, 1.82) is 0 Å². The molecule has 1 aromatic rings. The highest BCUT2D eigenvalue weighted by atomic mass is 16.4. The molecular weight excluding hydrogens is 440 g/mol. The van der Waals surface area contributed by atoms with Crippen molar-refractivity contribution >= 4 is 23.7 Å². The van der Waals surface area contributed by atoms with E-state index >= 15 is 0 Å². The van der Waals surface area contributed by atoms with E-state index in [0.717, 1.165) is 5.56 Å². The molecule has 190 valence electrons. The van der Waals surface area contributed by atoms with Crippen LogP contribution in [0.25, 0.3) is 0 Å². The molecule has 34 heavy (non-hydrogen) atoms. The number of nitrogens with two attached hydrogens (primary N) is 1. The van der Waals surface area contributed by atoms with E-state index in [1.54, 1.807) is 53.7 Å². The maximum atomic E-state index is 13.0. The second kappa shape index (κ2) is 12.9. The molecule has 0 saturated carbocycles. The number of amides is 3. The van der Waals surface area contributed by atoms with Gasteiger partial charge < -0.3 is 31.9 Å². The number of aromatic hydroxyl groups is 1. The molecule has 0 fully saturated rings. The number of aliphatic carboxylic acids is 1. The highest BCUT2D eigenvalue weighted by molar-refractivity contribution is 5.94. The zero-order chi connectivity index (χ0) is 26.2. The first-order valence-electron chi connectivity index (χ1n) is 11.4. The Bertz CT molecular complexity index is 854. The first-order valence-corrected chi connectivity index (χ1v) is 11.4. The molecule has 10 heteroatoms. The zero-order valence-corrected chi connectivity index (χ0v) is 20.7. The van der Waals surface area contributed by atoms with Gasteiger partial charge in [0.05, 0.1) is 6.04 Å². The van der Waals surface area contributed by atoms with Gasteiger partial charge in [0.2, 0.25) is 17.7 Å². The lowest BCUT2D eigenvalue weighted by molar-refractivity contribution is -0.144. The van der Waals surface area contributed by atoms with Crippen molar-refractivity contribution in [2.24, 2.45) is 23.5 Å². The average molecular weight is 479 g/mol. The maximum Gasteiger partial charge on any atom is 0.326 e. The number of benzene rings is 1. The van der Waals surface area contributed by atoms with Gasteiger partial charge >= 0.3 is 5.97 Å². The monoisotopic (exact) mass is 478 g/mol. The van der Waals surface area contributed by atoms with Gasteiger partial charge in [-0.15, -0.1) is 0 Å². The fraction of sp³-hybridized carbons (Fsp3) is 0.583. The fourth-order valence-electron chi connectivity index (χ4n) is 3.31. The predicted molar refractivity (Wildman–Crippen MR) is 128 cm³/mol. The lowest BCUT2D eigenvalue weighted by Crippen LogP contribution is -2.60. The molecule has 1 rings (SSSR count). The van der Waals surface area contributed by atoms with Gasteiger partial charge in [-0.25, -0.2) is 4.79 Å². The molecule has 0 heterocycles. The second-order valence-corrected chi connectivity index (χ2v) is 9.51. The minimum atomic E-state index is -1.16. The molecule has 0 aliphatic heterocycles. The Labute approximate surface area is 200 Å². The van der Waals surface area contributed by atoms with Crippen molar-refractivity contribution in [3.05, 3.63) is 29.8 Å². The maximum absolute atomic E-state index is 13.0. The Morgan fingerprint density at radius 2 is 1.12 bits per heavy atom. The van der Waals surface area contributed by atoms with Crippen LogP contribution in [-0.2, 0) is 25.6 Å². The van der Waals surface area contributed by atoms with Gasteiger partial charge in [-0.05, 0) is 41.9 Å². The predicted octanol–water partition coefficient (Wildman–Crippen LogP) is 0.769. The number of carboxylic acids is 1. The Morgan fingerprint density at radius 1 is 0.735 bits per heavy atom. The Morgan fingerprint density at radius 3 is 1.50 bits per heavy atom. The van der Waals surface area contributed by atoms with Gasteiger partial charge in [-0.1, -0.05) is 53.7 Å². The highest BCUT2D eigenvalue weighted by Crippen LogP contribution is 2.12. The third kappa shape index (κ3) is 8.66. The van der Waals surface area contributed by atoms with Crippen LogP contribution in [0.2, 0.25) is 0 Å². The number of hydrogen-bond acceptors (Lipinski definition) is 6. The zero-order valence-electron chi connectivity index (χ0n) is 20.7. The molecule has 0 aliphatic carbocycles. The molecule has 0 bridgehead atoms. The Hall–Kier alpha value is -3.14. The third-order valence-corrected chi connectivity index (χ3v) is 5.45. The van der Waals surface area contributed by atoms with Crippen molar-refractivity contribution in [3.63, 3.8) is 0 Å². The standard InChI is InChI=1S/C24H38N4O6/c1-12(2)18(26-21(30)17(25)11-15-7-9-16(29)10-8-15)22(31)27-19(13(3)4)23(32)28-20(14(5)6)24(33)34/h7-10,12-14,17-20,29H,11,25H2,1-6H3,(H,26,30)(H,27,31)(H,28,32)(H,33,34)/t17-,18-,19-,20-/m0/s1. The molecule has 0 aliphatic rings. The molecule has 7 N–H and O–H groups in total. The molecule has 4 atom stereocenters. The minimum Gasteiger partial charge on any atom is -0.508 e. The van der Waals surface area contributed by atoms with E-state index in [1.165, 1.54) is 12.1 Å². The van der Waals surface area contributed by atoms with Crippen LogP contribution >= 0.6 is 0 Å². The van der Waals surface area contributed by atoms with Gasteiger partial charge in [0, 0.05) is 0 Å². The molecule has 0 saturated heterocycles. The number of phenolic OH excluding ortho intramolecular Hbond substituents is 1. The molecule has 0 radical (unpaired) electrons. The number of carbonyl (C=O) groups is 4. The van der Waals surface area contributed by atoms with Gasteiger partial charge in [-0.2, -0.15) is 0 Å². The van der Waals surface area contributed by atoms with Crippen molar-refractivity contribution in [2.45, 2.75) is 72.1 Å². The number of carboxylic acid groups (broad SMARTS) is 1. The topological polar surface area (TPSA) is 171 Å². The molecule has 3 amide bonds. The van der Waals surface area contributed by atoms with Gasteiger partial charge in [0.1, 0.15) is 23.9 Å². The van der Waals surface area contributed by atoms with Crippen LogP contribution in [0.3, 0.4) is 0 Å². The van der Waals surface area contributed by atoms with Crippen LogP contribution in [0.4, 0.5) is 0 Å². The summed E-state index contributed by atoms with van der Waals surface area (Å²) in [6, 6.07) is 2.34. The molecule has 0 aromatic heterocycles. The summed E-state index contributed by atoms with van der Waals surface area (Å²) in [7, 11) is 0. The van der Waals surface area contributed by atoms with Crippen LogP contribution in [0, 0.1) is 17.8 Å². The first kappa shape index (κ1) is 28.9. The summed E-state index contributed by atoms with van der Waals surface area (Å²) in [5, 5.41) is 26.5. The van der Waals surface area contributed by atoms with E-state index in [-0.39, 0.29) is 29.9 Å². The van der Waals surface area contributed by atoms with Crippen LogP contribution < -0.4 is 21.7 Å². The number of rotatable bonds is 12. The van der Waals surface area contributed by atoms with E-state index < -0.39 is 47.9 Å². The molecule has 0 spiro atoms. The summed E-state index contributed by atoms with van der Waals surface area (Å²) in [5.74, 6) is -3.74. The summed E-state index contributed by atoms with van der Waals surface area (Å²) in [6.45, 7) is 10.3. The molecular formula is C24H38N4O6. The van der Waals surface area contributed by atoms with Gasteiger partial charge in [0.15, 0.2) is 0 Å². The summed E-state index contributed by atoms with van der Waals surface area (Å²) in [6.07, 6.45) is 0.210. The SMILES string of the molecule is CC(C)[C@H](NC(=O)[C@@H](NC(=O)[C@@H](NC(=O)[C@@H](N)Cc1ccc(O)cc1)C(C)C)C(C)C)C(=O)O. The number of hydrogen-bond donors (Lipinski definition) is 6. The normalized spacial score (nSPS) is 14.9. The number of nitrogens with one attached hydrogen (secondary N) is 3.